The van der Waals surface area contributed by atoms with E-state index in [0.29, 0.717) is 32.7 Å². The lowest BCUT2D eigenvalue weighted by Gasteiger charge is -2.24. The molecule has 18 heavy (non-hydrogen) atoms. The van der Waals surface area contributed by atoms with Crippen LogP contribution in [0.5, 0.6) is 0 Å². The third kappa shape index (κ3) is 6.56. The highest BCUT2D eigenvalue weighted by Gasteiger charge is 2.16. The minimum Gasteiger partial charge on any atom is -0.481 e. The van der Waals surface area contributed by atoms with Crippen LogP contribution >= 0.6 is 0 Å². The van der Waals surface area contributed by atoms with Crippen LogP contribution in [0.25, 0.3) is 0 Å². The Morgan fingerprint density at radius 2 is 2.06 bits per heavy atom. The first-order chi connectivity index (χ1) is 8.58. The fourth-order valence-electron chi connectivity index (χ4n) is 1.94. The summed E-state index contributed by atoms with van der Waals surface area (Å²) in [5, 5.41) is 11.5. The second kappa shape index (κ2) is 8.05. The van der Waals surface area contributed by atoms with E-state index in [1.54, 1.807) is 0 Å². The fourth-order valence-corrected chi connectivity index (χ4v) is 1.94. The number of hydrogen-bond acceptors (Lipinski definition) is 4. The van der Waals surface area contributed by atoms with Crippen LogP contribution in [0.3, 0.4) is 0 Å². The zero-order valence-electron chi connectivity index (χ0n) is 10.9. The van der Waals surface area contributed by atoms with Gasteiger partial charge in [-0.2, -0.15) is 0 Å². The molecule has 1 saturated heterocycles. The predicted octanol–water partition coefficient (Wildman–Crippen LogP) is 0.0782. The van der Waals surface area contributed by atoms with Crippen LogP contribution in [0.2, 0.25) is 0 Å². The molecular formula is C12H22N2O4. The first-order valence-electron chi connectivity index (χ1n) is 6.35. The van der Waals surface area contributed by atoms with Gasteiger partial charge in [-0.05, 0) is 32.9 Å². The Labute approximate surface area is 107 Å². The number of hydrogen-bond donors (Lipinski definition) is 2. The van der Waals surface area contributed by atoms with E-state index < -0.39 is 5.97 Å². The van der Waals surface area contributed by atoms with Gasteiger partial charge in [-0.1, -0.05) is 0 Å². The monoisotopic (exact) mass is 258 g/mol. The minimum atomic E-state index is -0.796. The van der Waals surface area contributed by atoms with Crippen molar-refractivity contribution in [2.75, 3.05) is 33.4 Å². The van der Waals surface area contributed by atoms with Crippen LogP contribution in [0.1, 0.15) is 25.7 Å². The maximum atomic E-state index is 11.7. The second-order valence-corrected chi connectivity index (χ2v) is 4.69. The highest BCUT2D eigenvalue weighted by atomic mass is 16.5. The van der Waals surface area contributed by atoms with Crippen LogP contribution < -0.4 is 5.32 Å². The van der Waals surface area contributed by atoms with Crippen molar-refractivity contribution in [3.05, 3.63) is 0 Å². The quantitative estimate of drug-likeness (QED) is 0.676. The Morgan fingerprint density at radius 3 is 2.67 bits per heavy atom. The molecule has 6 heteroatoms. The summed E-state index contributed by atoms with van der Waals surface area (Å²) >= 11 is 0. The first kappa shape index (κ1) is 14.9. The summed E-state index contributed by atoms with van der Waals surface area (Å²) in [6.45, 7) is 2.35. The molecule has 0 aliphatic carbocycles. The number of carboxylic acid groups (broad SMARTS) is 1. The third-order valence-corrected chi connectivity index (χ3v) is 2.93. The van der Waals surface area contributed by atoms with Crippen LogP contribution in [0.4, 0.5) is 0 Å². The van der Waals surface area contributed by atoms with Gasteiger partial charge in [0.2, 0.25) is 5.91 Å². The number of likely N-dealkylation sites (N-methyl/N-ethyl adjacent to an activating group) is 1. The van der Waals surface area contributed by atoms with Gasteiger partial charge in [-0.3, -0.25) is 14.5 Å². The summed E-state index contributed by atoms with van der Waals surface area (Å²) in [5.74, 6) is -0.796. The molecule has 0 aromatic heterocycles. The number of carbonyl (C=O) groups is 2. The van der Waals surface area contributed by atoms with E-state index in [2.05, 4.69) is 5.32 Å². The van der Waals surface area contributed by atoms with Gasteiger partial charge >= 0.3 is 5.97 Å². The van der Waals surface area contributed by atoms with Gasteiger partial charge in [0.15, 0.2) is 0 Å². The van der Waals surface area contributed by atoms with E-state index in [-0.39, 0.29) is 18.4 Å². The fraction of sp³-hybridized carbons (Fsp3) is 0.833. The molecule has 1 rings (SSSR count). The summed E-state index contributed by atoms with van der Waals surface area (Å²) in [4.78, 5) is 23.9. The highest BCUT2D eigenvalue weighted by Crippen LogP contribution is 2.05. The number of rotatable bonds is 7. The first-order valence-corrected chi connectivity index (χ1v) is 6.35. The molecular weight excluding hydrogens is 236 g/mol. The lowest BCUT2D eigenvalue weighted by molar-refractivity contribution is -0.137. The molecule has 2 N–H and O–H groups in total. The van der Waals surface area contributed by atoms with Gasteiger partial charge in [-0.15, -0.1) is 0 Å². The Kier molecular flexibility index (Phi) is 6.67. The molecule has 0 aromatic rings. The molecule has 1 fully saturated rings. The molecule has 0 bridgehead atoms. The number of aliphatic carboxylic acids is 1. The van der Waals surface area contributed by atoms with Crippen LogP contribution in [-0.2, 0) is 14.3 Å². The smallest absolute Gasteiger partial charge is 0.303 e. The molecule has 0 radical (unpaired) electrons. The molecule has 0 spiro atoms. The number of nitrogens with zero attached hydrogens (tertiary/aromatic N) is 1. The molecule has 0 unspecified atom stereocenters. The van der Waals surface area contributed by atoms with Crippen LogP contribution in [0, 0.1) is 0 Å². The Bertz CT molecular complexity index is 277. The average molecular weight is 258 g/mol. The molecule has 1 aliphatic rings. The van der Waals surface area contributed by atoms with Gasteiger partial charge in [-0.25, -0.2) is 0 Å². The van der Waals surface area contributed by atoms with Gasteiger partial charge in [0, 0.05) is 25.7 Å². The maximum Gasteiger partial charge on any atom is 0.303 e. The van der Waals surface area contributed by atoms with Crippen molar-refractivity contribution >= 4 is 11.9 Å². The van der Waals surface area contributed by atoms with Crippen molar-refractivity contribution in [3.63, 3.8) is 0 Å². The summed E-state index contributed by atoms with van der Waals surface area (Å²) in [6.07, 6.45) is 2.45. The summed E-state index contributed by atoms with van der Waals surface area (Å²) in [5.41, 5.74) is 0. The van der Waals surface area contributed by atoms with E-state index in [1.807, 2.05) is 11.9 Å². The van der Waals surface area contributed by atoms with E-state index in [0.717, 1.165) is 12.8 Å². The molecule has 0 saturated carbocycles. The molecule has 1 amide bonds. The zero-order chi connectivity index (χ0) is 13.4. The van der Waals surface area contributed by atoms with Gasteiger partial charge in [0.1, 0.15) is 0 Å². The lowest BCUT2D eigenvalue weighted by Crippen LogP contribution is -2.43. The second-order valence-electron chi connectivity index (χ2n) is 4.69. The van der Waals surface area contributed by atoms with Crippen molar-refractivity contribution in [3.8, 4) is 0 Å². The Hall–Kier alpha value is -1.14. The number of carbonyl (C=O) groups excluding carboxylic acids is 1. The standard InChI is InChI=1S/C12H22N2O4/c1-14(6-2-3-12(16)17)9-11(15)13-10-4-7-18-8-5-10/h10H,2-9H2,1H3,(H,13,15)(H,16,17). The van der Waals surface area contributed by atoms with Crippen LogP contribution in [-0.4, -0.2) is 61.3 Å². The van der Waals surface area contributed by atoms with E-state index in [4.69, 9.17) is 9.84 Å². The molecule has 0 aromatic carbocycles. The van der Waals surface area contributed by atoms with Gasteiger partial charge < -0.3 is 15.2 Å². The SMILES string of the molecule is CN(CCCC(=O)O)CC(=O)NC1CCOCC1. The average Bonchev–Trinajstić information content (AvgIpc) is 2.29. The number of nitrogens with one attached hydrogen (secondary N) is 1. The van der Waals surface area contributed by atoms with Crippen molar-refractivity contribution in [2.45, 2.75) is 31.7 Å². The van der Waals surface area contributed by atoms with Gasteiger partial charge in [0.25, 0.3) is 0 Å². The van der Waals surface area contributed by atoms with E-state index >= 15 is 0 Å². The van der Waals surface area contributed by atoms with Gasteiger partial charge in [0.05, 0.1) is 6.54 Å². The maximum absolute atomic E-state index is 11.7. The minimum absolute atomic E-state index is 0.000255. The van der Waals surface area contributed by atoms with Crippen molar-refractivity contribution in [2.24, 2.45) is 0 Å². The zero-order valence-corrected chi connectivity index (χ0v) is 10.9. The molecule has 0 atom stereocenters. The largest absolute Gasteiger partial charge is 0.481 e. The number of ether oxygens (including phenoxy) is 1. The molecule has 1 heterocycles. The normalized spacial score (nSPS) is 16.8. The summed E-state index contributed by atoms with van der Waals surface area (Å²) < 4.78 is 5.22. The topological polar surface area (TPSA) is 78.9 Å². The summed E-state index contributed by atoms with van der Waals surface area (Å²) in [6, 6.07) is 0.221. The number of amides is 1. The number of carboxylic acids is 1. The molecule has 104 valence electrons. The summed E-state index contributed by atoms with van der Waals surface area (Å²) in [7, 11) is 1.82. The van der Waals surface area contributed by atoms with Crippen molar-refractivity contribution in [1.29, 1.82) is 0 Å². The van der Waals surface area contributed by atoms with E-state index in [9.17, 15) is 9.59 Å². The van der Waals surface area contributed by atoms with Crippen molar-refractivity contribution in [1.82, 2.24) is 10.2 Å². The predicted molar refractivity (Wildman–Crippen MR) is 66.4 cm³/mol. The Morgan fingerprint density at radius 1 is 1.39 bits per heavy atom. The molecule has 6 nitrogen and oxygen atoms in total. The highest BCUT2D eigenvalue weighted by molar-refractivity contribution is 5.78. The third-order valence-electron chi connectivity index (χ3n) is 2.93. The molecule has 1 aliphatic heterocycles. The van der Waals surface area contributed by atoms with E-state index in [1.165, 1.54) is 0 Å². The lowest BCUT2D eigenvalue weighted by atomic mass is 10.1. The van der Waals surface area contributed by atoms with Crippen molar-refractivity contribution < 1.29 is 19.4 Å². The Balaban J connectivity index is 2.12. The van der Waals surface area contributed by atoms with Crippen LogP contribution in [0.15, 0.2) is 0 Å².